The molecule has 0 unspecified atom stereocenters. The monoisotopic (exact) mass is 372 g/mol. The Bertz CT molecular complexity index is 820. The van der Waals surface area contributed by atoms with Gasteiger partial charge in [-0.15, -0.1) is 0 Å². The number of carbonyl (C=O) groups is 1. The summed E-state index contributed by atoms with van der Waals surface area (Å²) in [4.78, 5) is 16.4. The van der Waals surface area contributed by atoms with Crippen LogP contribution in [-0.2, 0) is 24.2 Å². The zero-order chi connectivity index (χ0) is 19.0. The third-order valence-corrected chi connectivity index (χ3v) is 5.52. The van der Waals surface area contributed by atoms with Crippen molar-refractivity contribution in [3.05, 3.63) is 53.1 Å². The van der Waals surface area contributed by atoms with Crippen LogP contribution in [-0.4, -0.2) is 57.5 Å². The first-order chi connectivity index (χ1) is 13.0. The molecular weight excluding hydrogens is 347 g/mol. The fourth-order valence-corrected chi connectivity index (χ4v) is 3.98. The topological polar surface area (TPSA) is 50.6 Å². The van der Waals surface area contributed by atoms with Gasteiger partial charge in [-0.3, -0.25) is 14.5 Å². The molecule has 0 radical (unpaired) electrons. The average molecular weight is 372 g/mol. The van der Waals surface area contributed by atoms with Gasteiger partial charge in [-0.1, -0.05) is 12.1 Å². The number of likely N-dealkylation sites (tertiary alicyclic amines) is 1. The van der Waals surface area contributed by atoms with Crippen LogP contribution in [0.3, 0.4) is 0 Å². The van der Waals surface area contributed by atoms with Gasteiger partial charge in [-0.25, -0.2) is 9.18 Å². The minimum atomic E-state index is -0.243. The Labute approximate surface area is 158 Å². The highest BCUT2D eigenvalue weighted by Crippen LogP contribution is 2.28. The van der Waals surface area contributed by atoms with Crippen LogP contribution in [0.1, 0.15) is 23.7 Å². The molecule has 0 aliphatic carbocycles. The Morgan fingerprint density at radius 2 is 2.04 bits per heavy atom. The molecule has 0 bridgehead atoms. The highest BCUT2D eigenvalue weighted by Gasteiger charge is 2.47. The second-order valence-corrected chi connectivity index (χ2v) is 7.35. The van der Waals surface area contributed by atoms with Gasteiger partial charge >= 0.3 is 6.09 Å². The van der Waals surface area contributed by atoms with Crippen molar-refractivity contribution in [1.29, 1.82) is 0 Å². The van der Waals surface area contributed by atoms with Crippen molar-refractivity contribution >= 4 is 6.09 Å². The lowest BCUT2D eigenvalue weighted by Gasteiger charge is -2.22. The SMILES string of the molecule is CCn1cc(CN2C[C@@H]3OC(=O)N(CCc4ccc(F)cc4)[C@@H]3C2)c(C)n1. The van der Waals surface area contributed by atoms with Gasteiger partial charge in [0.05, 0.1) is 11.7 Å². The predicted octanol–water partition coefficient (Wildman–Crippen LogP) is 2.60. The number of carbonyl (C=O) groups excluding carboxylic acids is 1. The van der Waals surface area contributed by atoms with Gasteiger partial charge in [0.2, 0.25) is 0 Å². The molecule has 27 heavy (non-hydrogen) atoms. The van der Waals surface area contributed by atoms with E-state index in [0.29, 0.717) is 13.0 Å². The van der Waals surface area contributed by atoms with E-state index in [1.807, 2.05) is 16.5 Å². The van der Waals surface area contributed by atoms with Gasteiger partial charge < -0.3 is 4.74 Å². The van der Waals surface area contributed by atoms with Crippen molar-refractivity contribution in [1.82, 2.24) is 19.6 Å². The van der Waals surface area contributed by atoms with Crippen molar-refractivity contribution < 1.29 is 13.9 Å². The number of amides is 1. The number of halogens is 1. The van der Waals surface area contributed by atoms with Crippen LogP contribution in [0.15, 0.2) is 30.5 Å². The minimum Gasteiger partial charge on any atom is -0.442 e. The molecule has 2 aliphatic heterocycles. The number of hydrogen-bond donors (Lipinski definition) is 0. The lowest BCUT2D eigenvalue weighted by molar-refractivity contribution is 0.120. The van der Waals surface area contributed by atoms with E-state index in [0.717, 1.165) is 37.4 Å². The highest BCUT2D eigenvalue weighted by atomic mass is 19.1. The summed E-state index contributed by atoms with van der Waals surface area (Å²) in [6.45, 7) is 7.94. The molecule has 0 N–H and O–H groups in total. The lowest BCUT2D eigenvalue weighted by Crippen LogP contribution is -2.39. The minimum absolute atomic E-state index is 0.0766. The van der Waals surface area contributed by atoms with E-state index in [-0.39, 0.29) is 24.1 Å². The summed E-state index contributed by atoms with van der Waals surface area (Å²) in [5.74, 6) is -0.243. The summed E-state index contributed by atoms with van der Waals surface area (Å²) in [7, 11) is 0. The molecule has 2 fully saturated rings. The number of aromatic nitrogens is 2. The molecule has 2 saturated heterocycles. The maximum atomic E-state index is 13.0. The first kappa shape index (κ1) is 18.0. The second-order valence-electron chi connectivity index (χ2n) is 7.35. The summed E-state index contributed by atoms with van der Waals surface area (Å²) < 4.78 is 20.6. The van der Waals surface area contributed by atoms with E-state index < -0.39 is 0 Å². The first-order valence-electron chi connectivity index (χ1n) is 9.50. The number of ether oxygens (including phenoxy) is 1. The Hall–Kier alpha value is -2.41. The smallest absolute Gasteiger partial charge is 0.410 e. The van der Waals surface area contributed by atoms with Gasteiger partial charge in [0.25, 0.3) is 0 Å². The van der Waals surface area contributed by atoms with Crippen molar-refractivity contribution in [3.63, 3.8) is 0 Å². The maximum absolute atomic E-state index is 13.0. The van der Waals surface area contributed by atoms with Crippen LogP contribution >= 0.6 is 0 Å². The third-order valence-electron chi connectivity index (χ3n) is 5.52. The number of nitrogens with zero attached hydrogens (tertiary/aromatic N) is 4. The molecular formula is C20H25FN4O2. The molecule has 7 heteroatoms. The Morgan fingerprint density at radius 1 is 1.26 bits per heavy atom. The van der Waals surface area contributed by atoms with E-state index in [1.165, 1.54) is 17.7 Å². The van der Waals surface area contributed by atoms with Crippen LogP contribution < -0.4 is 0 Å². The molecule has 2 atom stereocenters. The van der Waals surface area contributed by atoms with Crippen molar-refractivity contribution in [2.75, 3.05) is 19.6 Å². The number of benzene rings is 1. The quantitative estimate of drug-likeness (QED) is 0.782. The van der Waals surface area contributed by atoms with Crippen LogP contribution in [0.5, 0.6) is 0 Å². The van der Waals surface area contributed by atoms with Gasteiger partial charge in [0, 0.05) is 44.5 Å². The molecule has 1 aromatic carbocycles. The zero-order valence-corrected chi connectivity index (χ0v) is 15.8. The first-order valence-corrected chi connectivity index (χ1v) is 9.50. The predicted molar refractivity (Wildman–Crippen MR) is 98.8 cm³/mol. The molecule has 1 aromatic heterocycles. The molecule has 1 amide bonds. The molecule has 3 heterocycles. The van der Waals surface area contributed by atoms with E-state index in [1.54, 1.807) is 12.1 Å². The molecule has 4 rings (SSSR count). The standard InChI is InChI=1S/C20H25FN4O2/c1-3-24-11-16(14(2)22-24)10-23-12-18-19(13-23)27-20(26)25(18)9-8-15-4-6-17(21)7-5-15/h4-7,11,18-19H,3,8-10,12-13H2,1-2H3/t18-,19+/m1/s1. The van der Waals surface area contributed by atoms with Gasteiger partial charge in [0.1, 0.15) is 11.9 Å². The number of rotatable bonds is 6. The number of fused-ring (bicyclic) bond motifs is 1. The normalized spacial score (nSPS) is 22.3. The van der Waals surface area contributed by atoms with Crippen LogP contribution in [0.25, 0.3) is 0 Å². The fraction of sp³-hybridized carbons (Fsp3) is 0.500. The third kappa shape index (κ3) is 3.69. The summed E-state index contributed by atoms with van der Waals surface area (Å²) in [5, 5.41) is 4.51. The summed E-state index contributed by atoms with van der Waals surface area (Å²) in [5.41, 5.74) is 3.30. The summed E-state index contributed by atoms with van der Waals surface area (Å²) in [6, 6.07) is 6.53. The van der Waals surface area contributed by atoms with E-state index in [4.69, 9.17) is 4.74 Å². The summed E-state index contributed by atoms with van der Waals surface area (Å²) >= 11 is 0. The fourth-order valence-electron chi connectivity index (χ4n) is 3.98. The lowest BCUT2D eigenvalue weighted by atomic mass is 10.1. The van der Waals surface area contributed by atoms with Gasteiger partial charge in [-0.05, 0) is 38.0 Å². The van der Waals surface area contributed by atoms with Crippen LogP contribution in [0, 0.1) is 12.7 Å². The number of aryl methyl sites for hydroxylation is 2. The number of hydrogen-bond acceptors (Lipinski definition) is 4. The average Bonchev–Trinajstić information content (AvgIpc) is 3.28. The van der Waals surface area contributed by atoms with Gasteiger partial charge in [-0.2, -0.15) is 5.10 Å². The largest absolute Gasteiger partial charge is 0.442 e. The molecule has 144 valence electrons. The molecule has 0 spiro atoms. The van der Waals surface area contributed by atoms with E-state index in [2.05, 4.69) is 23.1 Å². The Balaban J connectivity index is 1.37. The molecule has 2 aromatic rings. The Kier molecular flexibility index (Phi) is 4.86. The molecule has 0 saturated carbocycles. The Morgan fingerprint density at radius 3 is 2.74 bits per heavy atom. The van der Waals surface area contributed by atoms with E-state index >= 15 is 0 Å². The zero-order valence-electron chi connectivity index (χ0n) is 15.8. The van der Waals surface area contributed by atoms with Gasteiger partial charge in [0.15, 0.2) is 0 Å². The summed E-state index contributed by atoms with van der Waals surface area (Å²) in [6.07, 6.45) is 2.48. The van der Waals surface area contributed by atoms with Crippen molar-refractivity contribution in [3.8, 4) is 0 Å². The van der Waals surface area contributed by atoms with Crippen molar-refractivity contribution in [2.24, 2.45) is 0 Å². The van der Waals surface area contributed by atoms with Crippen molar-refractivity contribution in [2.45, 2.75) is 45.5 Å². The second kappa shape index (κ2) is 7.31. The van der Waals surface area contributed by atoms with E-state index in [9.17, 15) is 9.18 Å². The highest BCUT2D eigenvalue weighted by molar-refractivity contribution is 5.71. The van der Waals surface area contributed by atoms with Crippen LogP contribution in [0.4, 0.5) is 9.18 Å². The maximum Gasteiger partial charge on any atom is 0.410 e. The molecule has 6 nitrogen and oxygen atoms in total. The van der Waals surface area contributed by atoms with Crippen LogP contribution in [0.2, 0.25) is 0 Å². The molecule has 2 aliphatic rings.